The minimum Gasteiger partial charge on any atom is -0.466 e. The van der Waals surface area contributed by atoms with Crippen molar-refractivity contribution >= 4 is 35.8 Å². The summed E-state index contributed by atoms with van der Waals surface area (Å²) in [5.74, 6) is 1.02. The van der Waals surface area contributed by atoms with Gasteiger partial charge in [-0.3, -0.25) is 28.8 Å². The molecule has 0 bridgehead atoms. The maximum atomic E-state index is 12.5. The van der Waals surface area contributed by atoms with E-state index >= 15 is 0 Å². The summed E-state index contributed by atoms with van der Waals surface area (Å²) in [5.41, 5.74) is 0. The summed E-state index contributed by atoms with van der Waals surface area (Å²) in [4.78, 5) is 73.9. The van der Waals surface area contributed by atoms with Crippen molar-refractivity contribution < 1.29 is 57.2 Å². The molecule has 16 nitrogen and oxygen atoms in total. The van der Waals surface area contributed by atoms with Gasteiger partial charge >= 0.3 is 35.8 Å². The lowest BCUT2D eigenvalue weighted by atomic mass is 9.75. The van der Waals surface area contributed by atoms with E-state index < -0.39 is 12.1 Å². The van der Waals surface area contributed by atoms with Crippen LogP contribution in [0, 0.1) is 23.7 Å². The normalized spacial score (nSPS) is 25.7. The first kappa shape index (κ1) is 59.2. The van der Waals surface area contributed by atoms with Gasteiger partial charge in [0.2, 0.25) is 0 Å². The summed E-state index contributed by atoms with van der Waals surface area (Å²) in [6, 6.07) is -0.0182. The van der Waals surface area contributed by atoms with Crippen molar-refractivity contribution in [1.82, 2.24) is 21.3 Å². The van der Waals surface area contributed by atoms with Gasteiger partial charge in [-0.05, 0) is 193 Å². The van der Waals surface area contributed by atoms with E-state index in [2.05, 4.69) is 21.3 Å². The molecule has 2 unspecified atom stereocenters. The molecule has 2 atom stereocenters. The smallest absolute Gasteiger partial charge is 0.323 e. The standard InChI is InChI=1S/C54H94N4O12/c1-5-65-51(61)37-47(53(63)67-7-3)57-45-25-17-41(18-26-45)35-39-13-21-43(22-14-39)55-31-29-49(59)69-33-11-9-10-12-34-70-50(60)30-32-56-44-23-15-40(16-24-44)36-42-19-27-46(28-20-42)58-48(54(64)68-8-4)38-52(62)66-6-2/h39-48,55-58H,5-38H2,1-4H3. The molecule has 0 aromatic rings. The lowest BCUT2D eigenvalue weighted by Crippen LogP contribution is -2.47. The molecule has 0 aromatic carbocycles. The summed E-state index contributed by atoms with van der Waals surface area (Å²) in [7, 11) is 0. The number of carbonyl (C=O) groups excluding carboxylic acids is 6. The van der Waals surface area contributed by atoms with E-state index in [4.69, 9.17) is 28.4 Å². The molecular formula is C54H94N4O12. The monoisotopic (exact) mass is 991 g/mol. The third-order valence-corrected chi connectivity index (χ3v) is 15.2. The molecule has 4 N–H and O–H groups in total. The number of ether oxygens (including phenoxy) is 6. The molecule has 0 heterocycles. The van der Waals surface area contributed by atoms with Crippen LogP contribution in [0.1, 0.15) is 195 Å². The van der Waals surface area contributed by atoms with Crippen LogP contribution in [-0.2, 0) is 57.2 Å². The minimum absolute atomic E-state index is 0.00364. The third kappa shape index (κ3) is 24.4. The lowest BCUT2D eigenvalue weighted by Gasteiger charge is -2.35. The SMILES string of the molecule is CCOC(=O)CC(NC1CCC(CC2CCC(NCCC(=O)OCCCCCCOC(=O)CCNC3CCC(CC4CCC(NC(CC(=O)OCC)C(=O)OCC)CC4)CC3)CC2)CC1)C(=O)OCC. The summed E-state index contributed by atoms with van der Waals surface area (Å²) in [5, 5.41) is 14.0. The number of hydrogen-bond donors (Lipinski definition) is 4. The van der Waals surface area contributed by atoms with Crippen LogP contribution in [0.25, 0.3) is 0 Å². The molecule has 0 saturated heterocycles. The Hall–Kier alpha value is -3.34. The molecule has 4 fully saturated rings. The maximum absolute atomic E-state index is 12.5. The summed E-state index contributed by atoms with van der Waals surface area (Å²) in [6.45, 7) is 10.4. The van der Waals surface area contributed by atoms with E-state index in [9.17, 15) is 28.8 Å². The van der Waals surface area contributed by atoms with E-state index in [0.29, 0.717) is 76.3 Å². The molecule has 70 heavy (non-hydrogen) atoms. The Morgan fingerprint density at radius 2 is 0.700 bits per heavy atom. The largest absolute Gasteiger partial charge is 0.466 e. The molecule has 4 aliphatic rings. The van der Waals surface area contributed by atoms with E-state index in [1.54, 1.807) is 27.7 Å². The molecule has 0 amide bonds. The number of nitrogens with one attached hydrogen (secondary N) is 4. The second kappa shape index (κ2) is 34.9. The highest BCUT2D eigenvalue weighted by Gasteiger charge is 2.33. The van der Waals surface area contributed by atoms with Gasteiger partial charge in [-0.15, -0.1) is 0 Å². The number of rotatable bonds is 33. The van der Waals surface area contributed by atoms with Crippen molar-refractivity contribution in [3.8, 4) is 0 Å². The predicted octanol–water partition coefficient (Wildman–Crippen LogP) is 7.56. The van der Waals surface area contributed by atoms with Gasteiger partial charge in [0, 0.05) is 37.3 Å². The molecule has 0 aromatic heterocycles. The lowest BCUT2D eigenvalue weighted by molar-refractivity contribution is -0.152. The molecular weight excluding hydrogens is 897 g/mol. The van der Waals surface area contributed by atoms with Crippen LogP contribution in [0.2, 0.25) is 0 Å². The fourth-order valence-corrected chi connectivity index (χ4v) is 11.4. The first-order valence-electron chi connectivity index (χ1n) is 27.9. The highest BCUT2D eigenvalue weighted by molar-refractivity contribution is 5.83. The number of unbranched alkanes of at least 4 members (excludes halogenated alkanes) is 3. The Morgan fingerprint density at radius 1 is 0.386 bits per heavy atom. The van der Waals surface area contributed by atoms with E-state index in [0.717, 1.165) is 115 Å². The first-order chi connectivity index (χ1) is 34.0. The molecule has 402 valence electrons. The highest BCUT2D eigenvalue weighted by Crippen LogP contribution is 2.37. The van der Waals surface area contributed by atoms with Gasteiger partial charge in [-0.1, -0.05) is 0 Å². The van der Waals surface area contributed by atoms with Gasteiger partial charge in [0.05, 0.1) is 65.3 Å². The zero-order valence-electron chi connectivity index (χ0n) is 43.7. The Balaban J connectivity index is 0.913. The maximum Gasteiger partial charge on any atom is 0.323 e. The number of esters is 6. The van der Waals surface area contributed by atoms with E-state index in [1.807, 2.05) is 0 Å². The molecule has 0 spiro atoms. The van der Waals surface area contributed by atoms with Gasteiger partial charge in [0.1, 0.15) is 12.1 Å². The fourth-order valence-electron chi connectivity index (χ4n) is 11.4. The van der Waals surface area contributed by atoms with Crippen molar-refractivity contribution in [1.29, 1.82) is 0 Å². The van der Waals surface area contributed by atoms with Crippen molar-refractivity contribution in [2.24, 2.45) is 23.7 Å². The Kier molecular flexibility index (Phi) is 29.5. The molecule has 0 radical (unpaired) electrons. The van der Waals surface area contributed by atoms with Crippen LogP contribution >= 0.6 is 0 Å². The average Bonchev–Trinajstić information content (AvgIpc) is 3.34. The average molecular weight is 991 g/mol. The fraction of sp³-hybridized carbons (Fsp3) is 0.889. The van der Waals surface area contributed by atoms with Crippen LogP contribution in [0.3, 0.4) is 0 Å². The van der Waals surface area contributed by atoms with Crippen LogP contribution in [0.5, 0.6) is 0 Å². The van der Waals surface area contributed by atoms with Crippen molar-refractivity contribution in [3.63, 3.8) is 0 Å². The highest BCUT2D eigenvalue weighted by atomic mass is 16.6. The second-order valence-electron chi connectivity index (χ2n) is 20.6. The van der Waals surface area contributed by atoms with Crippen LogP contribution in [0.15, 0.2) is 0 Å². The summed E-state index contributed by atoms with van der Waals surface area (Å²) < 4.78 is 31.6. The predicted molar refractivity (Wildman–Crippen MR) is 267 cm³/mol. The Bertz CT molecular complexity index is 1390. The number of carbonyl (C=O) groups is 6. The zero-order chi connectivity index (χ0) is 50.4. The van der Waals surface area contributed by atoms with Crippen LogP contribution in [0.4, 0.5) is 0 Å². The first-order valence-corrected chi connectivity index (χ1v) is 27.9. The van der Waals surface area contributed by atoms with Gasteiger partial charge in [-0.2, -0.15) is 0 Å². The van der Waals surface area contributed by atoms with Crippen molar-refractivity contribution in [2.45, 2.75) is 231 Å². The summed E-state index contributed by atoms with van der Waals surface area (Å²) >= 11 is 0. The Labute approximate surface area is 420 Å². The Morgan fingerprint density at radius 3 is 1.01 bits per heavy atom. The number of hydrogen-bond acceptors (Lipinski definition) is 16. The molecule has 16 heteroatoms. The van der Waals surface area contributed by atoms with Crippen molar-refractivity contribution in [3.05, 3.63) is 0 Å². The summed E-state index contributed by atoms with van der Waals surface area (Å²) in [6.07, 6.45) is 24.6. The second-order valence-corrected chi connectivity index (χ2v) is 20.6. The van der Waals surface area contributed by atoms with E-state index in [-0.39, 0.29) is 74.0 Å². The topological polar surface area (TPSA) is 206 Å². The zero-order valence-corrected chi connectivity index (χ0v) is 43.7. The quantitative estimate of drug-likeness (QED) is 0.0284. The van der Waals surface area contributed by atoms with Gasteiger partial charge in [0.15, 0.2) is 0 Å². The van der Waals surface area contributed by atoms with Crippen LogP contribution < -0.4 is 21.3 Å². The van der Waals surface area contributed by atoms with E-state index in [1.165, 1.54) is 38.5 Å². The van der Waals surface area contributed by atoms with Gasteiger partial charge in [-0.25, -0.2) is 0 Å². The van der Waals surface area contributed by atoms with Gasteiger partial charge in [0.25, 0.3) is 0 Å². The van der Waals surface area contributed by atoms with Crippen LogP contribution in [-0.4, -0.2) is 125 Å². The third-order valence-electron chi connectivity index (χ3n) is 15.2. The van der Waals surface area contributed by atoms with Crippen molar-refractivity contribution in [2.75, 3.05) is 52.7 Å². The molecule has 4 aliphatic carbocycles. The molecule has 0 aliphatic heterocycles. The molecule has 4 saturated carbocycles. The molecule has 4 rings (SSSR count). The minimum atomic E-state index is -0.662. The van der Waals surface area contributed by atoms with Gasteiger partial charge < -0.3 is 49.7 Å².